The Morgan fingerprint density at radius 2 is 2.09 bits per heavy atom. The molecule has 0 saturated heterocycles. The van der Waals surface area contributed by atoms with E-state index in [9.17, 15) is 4.79 Å². The number of nitrogens with two attached hydrogens (primary N) is 1. The number of rotatable bonds is 4. The number of carbonyl (C=O) groups is 1. The Hall–Kier alpha value is -0.540. The molecule has 0 amide bonds. The van der Waals surface area contributed by atoms with Gasteiger partial charge in [-0.15, -0.1) is 11.6 Å². The lowest BCUT2D eigenvalue weighted by Crippen LogP contribution is -2.03. The highest BCUT2D eigenvalue weighted by Crippen LogP contribution is 1.99. The maximum atomic E-state index is 10.1. The summed E-state index contributed by atoms with van der Waals surface area (Å²) >= 11 is 4.64. The highest BCUT2D eigenvalue weighted by Gasteiger charge is 2.00. The van der Waals surface area contributed by atoms with E-state index in [4.69, 9.17) is 10.8 Å². The summed E-state index contributed by atoms with van der Waals surface area (Å²) < 4.78 is 0. The van der Waals surface area contributed by atoms with Gasteiger partial charge in [0, 0.05) is 12.0 Å². The third kappa shape index (κ3) is 9.46. The number of hydrogen-bond donors (Lipinski definition) is 2. The summed E-state index contributed by atoms with van der Waals surface area (Å²) in [5, 5.41) is 8.27. The molecule has 0 heterocycles. The molecule has 66 valence electrons. The van der Waals surface area contributed by atoms with Gasteiger partial charge in [0.05, 0.1) is 0 Å². The minimum atomic E-state index is -0.927. The summed E-state index contributed by atoms with van der Waals surface area (Å²) in [6.07, 6.45) is 2.66. The van der Waals surface area contributed by atoms with E-state index in [1.54, 1.807) is 0 Å². The smallest absolute Gasteiger partial charge is 0.330 e. The average molecular weight is 180 g/mol. The number of carboxylic acids is 1. The molecule has 0 aliphatic heterocycles. The second kappa shape index (κ2) is 9.46. The van der Waals surface area contributed by atoms with E-state index >= 15 is 0 Å². The van der Waals surface area contributed by atoms with Crippen LogP contribution in [0.3, 0.4) is 0 Å². The van der Waals surface area contributed by atoms with Gasteiger partial charge >= 0.3 is 5.97 Å². The average Bonchev–Trinajstić information content (AvgIpc) is 2.03. The number of aliphatic carboxylic acids is 1. The minimum Gasteiger partial charge on any atom is -0.478 e. The van der Waals surface area contributed by atoms with Crippen molar-refractivity contribution in [3.63, 3.8) is 0 Å². The minimum absolute atomic E-state index is 0.237. The molecule has 0 atom stereocenters. The topological polar surface area (TPSA) is 63.3 Å². The highest BCUT2D eigenvalue weighted by atomic mass is 35.5. The van der Waals surface area contributed by atoms with Crippen LogP contribution in [0.2, 0.25) is 0 Å². The monoisotopic (exact) mass is 179 g/mol. The molecule has 0 aromatic heterocycles. The quantitative estimate of drug-likeness (QED) is 0.504. The van der Waals surface area contributed by atoms with Crippen LogP contribution in [0.15, 0.2) is 12.2 Å². The van der Waals surface area contributed by atoms with Crippen molar-refractivity contribution >= 4 is 17.6 Å². The number of hydrogen-bond acceptors (Lipinski definition) is 2. The van der Waals surface area contributed by atoms with E-state index in [2.05, 4.69) is 18.2 Å². The van der Waals surface area contributed by atoms with E-state index in [0.29, 0.717) is 19.4 Å². The van der Waals surface area contributed by atoms with Gasteiger partial charge in [0.25, 0.3) is 0 Å². The van der Waals surface area contributed by atoms with Crippen LogP contribution in [0.1, 0.15) is 12.8 Å². The van der Waals surface area contributed by atoms with E-state index < -0.39 is 5.97 Å². The largest absolute Gasteiger partial charge is 0.478 e. The normalized spacial score (nSPS) is 7.91. The third-order valence-corrected chi connectivity index (χ3v) is 0.985. The summed E-state index contributed by atoms with van der Waals surface area (Å²) in [5.41, 5.74) is 5.38. The van der Waals surface area contributed by atoms with Crippen LogP contribution in [0.25, 0.3) is 0 Å². The molecule has 0 bridgehead atoms. The molecule has 0 unspecified atom stereocenters. The second-order valence-corrected chi connectivity index (χ2v) is 1.80. The van der Waals surface area contributed by atoms with E-state index in [-0.39, 0.29) is 5.57 Å². The van der Waals surface area contributed by atoms with Crippen LogP contribution in [-0.4, -0.2) is 24.0 Å². The SMILES string of the molecule is C=C(CCCN)C(=O)O.CCl. The zero-order valence-corrected chi connectivity index (χ0v) is 7.40. The van der Waals surface area contributed by atoms with Crippen LogP contribution < -0.4 is 5.73 Å². The van der Waals surface area contributed by atoms with Crippen molar-refractivity contribution in [2.24, 2.45) is 5.73 Å². The number of carboxylic acid groups (broad SMARTS) is 1. The van der Waals surface area contributed by atoms with Crippen molar-refractivity contribution in [1.29, 1.82) is 0 Å². The van der Waals surface area contributed by atoms with Gasteiger partial charge in [0.2, 0.25) is 0 Å². The van der Waals surface area contributed by atoms with Gasteiger partial charge < -0.3 is 10.8 Å². The standard InChI is InChI=1S/C6H11NO2.CH3Cl/c1-5(6(8)9)3-2-4-7;1-2/h1-4,7H2,(H,8,9);1H3. The molecule has 0 saturated carbocycles. The molecule has 0 rings (SSSR count). The van der Waals surface area contributed by atoms with E-state index in [1.807, 2.05) is 0 Å². The fourth-order valence-corrected chi connectivity index (χ4v) is 0.422. The van der Waals surface area contributed by atoms with Gasteiger partial charge in [-0.2, -0.15) is 0 Å². The molecule has 0 radical (unpaired) electrons. The molecule has 3 nitrogen and oxygen atoms in total. The maximum Gasteiger partial charge on any atom is 0.330 e. The van der Waals surface area contributed by atoms with Crippen molar-refractivity contribution < 1.29 is 9.90 Å². The summed E-state index contributed by atoms with van der Waals surface area (Å²) in [4.78, 5) is 10.1. The fraction of sp³-hybridized carbons (Fsp3) is 0.571. The van der Waals surface area contributed by atoms with E-state index in [1.165, 1.54) is 6.38 Å². The number of halogens is 1. The van der Waals surface area contributed by atoms with Gasteiger partial charge in [-0.1, -0.05) is 6.58 Å². The van der Waals surface area contributed by atoms with E-state index in [0.717, 1.165) is 0 Å². The van der Waals surface area contributed by atoms with Crippen LogP contribution in [0.5, 0.6) is 0 Å². The molecular weight excluding hydrogens is 166 g/mol. The fourth-order valence-electron chi connectivity index (χ4n) is 0.422. The van der Waals surface area contributed by atoms with Crippen molar-refractivity contribution in [3.05, 3.63) is 12.2 Å². The van der Waals surface area contributed by atoms with Crippen molar-refractivity contribution in [1.82, 2.24) is 0 Å². The first-order chi connectivity index (χ1) is 5.18. The Morgan fingerprint density at radius 3 is 2.36 bits per heavy atom. The first-order valence-electron chi connectivity index (χ1n) is 3.17. The van der Waals surface area contributed by atoms with Crippen molar-refractivity contribution in [2.45, 2.75) is 12.8 Å². The van der Waals surface area contributed by atoms with Crippen molar-refractivity contribution in [2.75, 3.05) is 12.9 Å². The summed E-state index contributed by atoms with van der Waals surface area (Å²) in [5.74, 6) is -0.927. The second-order valence-electron chi connectivity index (χ2n) is 1.80. The van der Waals surface area contributed by atoms with Gasteiger partial charge in [-0.3, -0.25) is 0 Å². The predicted octanol–water partition coefficient (Wildman–Crippen LogP) is 1.22. The molecule has 0 aromatic rings. The molecule has 0 spiro atoms. The Balaban J connectivity index is 0. The lowest BCUT2D eigenvalue weighted by molar-refractivity contribution is -0.132. The molecule has 0 aromatic carbocycles. The van der Waals surface area contributed by atoms with Gasteiger partial charge in [0.1, 0.15) is 0 Å². The predicted molar refractivity (Wildman–Crippen MR) is 46.8 cm³/mol. The molecule has 0 fully saturated rings. The lowest BCUT2D eigenvalue weighted by Gasteiger charge is -1.95. The van der Waals surface area contributed by atoms with Crippen LogP contribution in [0, 0.1) is 0 Å². The first kappa shape index (κ1) is 13.1. The summed E-state index contributed by atoms with van der Waals surface area (Å²) in [6.45, 7) is 3.86. The molecular formula is C7H14ClNO2. The summed E-state index contributed by atoms with van der Waals surface area (Å²) in [7, 11) is 0. The molecule has 0 aliphatic carbocycles. The number of alkyl halides is 1. The zero-order valence-electron chi connectivity index (χ0n) is 6.64. The maximum absolute atomic E-state index is 10.1. The highest BCUT2D eigenvalue weighted by molar-refractivity contribution is 6.15. The third-order valence-electron chi connectivity index (χ3n) is 0.985. The Morgan fingerprint density at radius 1 is 1.64 bits per heavy atom. The Bertz CT molecular complexity index is 126. The molecule has 4 heteroatoms. The van der Waals surface area contributed by atoms with Gasteiger partial charge in [-0.25, -0.2) is 4.79 Å². The van der Waals surface area contributed by atoms with Crippen LogP contribution in [0.4, 0.5) is 0 Å². The van der Waals surface area contributed by atoms with Gasteiger partial charge in [-0.05, 0) is 19.4 Å². The molecule has 11 heavy (non-hydrogen) atoms. The molecule has 0 aliphatic rings. The Kier molecular flexibility index (Phi) is 11.2. The summed E-state index contributed by atoms with van der Waals surface area (Å²) in [6, 6.07) is 0. The lowest BCUT2D eigenvalue weighted by atomic mass is 10.2. The first-order valence-corrected chi connectivity index (χ1v) is 3.93. The Labute approximate surface area is 71.8 Å². The zero-order chi connectivity index (χ0) is 9.28. The van der Waals surface area contributed by atoms with Crippen LogP contribution >= 0.6 is 11.6 Å². The molecule has 3 N–H and O–H groups in total. The van der Waals surface area contributed by atoms with Crippen molar-refractivity contribution in [3.8, 4) is 0 Å². The van der Waals surface area contributed by atoms with Crippen LogP contribution in [-0.2, 0) is 4.79 Å². The van der Waals surface area contributed by atoms with Gasteiger partial charge in [0.15, 0.2) is 0 Å².